The minimum atomic E-state index is 0.758. The fraction of sp³-hybridized carbons (Fsp3) is 0.143. The average Bonchev–Trinajstić information content (AvgIpc) is 3.26. The summed E-state index contributed by atoms with van der Waals surface area (Å²) in [4.78, 5) is 9.41. The number of aryl methyl sites for hydroxylation is 2. The van der Waals surface area contributed by atoms with E-state index < -0.39 is 0 Å². The smallest absolute Gasteiger partial charge is 0.125 e. The number of rotatable bonds is 6. The third kappa shape index (κ3) is 3.87. The maximum absolute atomic E-state index is 4.88. The van der Waals surface area contributed by atoms with Crippen molar-refractivity contribution in [2.75, 3.05) is 5.32 Å². The van der Waals surface area contributed by atoms with Gasteiger partial charge in [-0.2, -0.15) is 0 Å². The van der Waals surface area contributed by atoms with Crippen molar-refractivity contribution >= 4 is 16.6 Å². The molecule has 158 valence electrons. The first-order valence-corrected chi connectivity index (χ1v) is 11.0. The van der Waals surface area contributed by atoms with Crippen molar-refractivity contribution in [1.82, 2.24) is 14.5 Å². The van der Waals surface area contributed by atoms with Gasteiger partial charge in [-0.05, 0) is 49.2 Å². The van der Waals surface area contributed by atoms with Gasteiger partial charge in [-0.15, -0.1) is 0 Å². The molecule has 0 radical (unpaired) electrons. The molecule has 32 heavy (non-hydrogen) atoms. The molecule has 0 fully saturated rings. The Labute approximate surface area is 188 Å². The van der Waals surface area contributed by atoms with Crippen LogP contribution in [0.3, 0.4) is 0 Å². The lowest BCUT2D eigenvalue weighted by Crippen LogP contribution is -2.03. The van der Waals surface area contributed by atoms with E-state index in [-0.39, 0.29) is 0 Å². The molecule has 2 aromatic heterocycles. The molecule has 0 aliphatic heterocycles. The number of hydrogen-bond donors (Lipinski definition) is 1. The molecule has 0 amide bonds. The topological polar surface area (TPSA) is 42.7 Å². The molecule has 0 atom stereocenters. The molecule has 4 nitrogen and oxygen atoms in total. The highest BCUT2D eigenvalue weighted by Gasteiger charge is 2.15. The summed E-state index contributed by atoms with van der Waals surface area (Å²) in [5.41, 5.74) is 7.74. The van der Waals surface area contributed by atoms with Crippen molar-refractivity contribution < 1.29 is 0 Å². The zero-order chi connectivity index (χ0) is 21.9. The molecule has 0 unspecified atom stereocenters. The van der Waals surface area contributed by atoms with Gasteiger partial charge in [-0.1, -0.05) is 54.6 Å². The van der Waals surface area contributed by atoms with Crippen LogP contribution in [0.1, 0.15) is 18.3 Å². The summed E-state index contributed by atoms with van der Waals surface area (Å²) in [6.45, 7) is 5.83. The van der Waals surface area contributed by atoms with Gasteiger partial charge in [0.25, 0.3) is 0 Å². The zero-order valence-corrected chi connectivity index (χ0v) is 18.4. The molecule has 4 heteroatoms. The number of aromatic nitrogens is 3. The standard InChI is InChI=1S/C28H26N4/c1-3-32-16-15-23-17-22(13-14-27(23)32)25-19-29-20(2)31-28(25)24-11-7-8-12-26(24)30-18-21-9-5-4-6-10-21/h4-17,19,30H,3,18H2,1-2H3. The predicted molar refractivity (Wildman–Crippen MR) is 133 cm³/mol. The average molecular weight is 419 g/mol. The molecule has 5 aromatic rings. The van der Waals surface area contributed by atoms with Crippen LogP contribution < -0.4 is 5.32 Å². The van der Waals surface area contributed by atoms with Crippen LogP contribution in [0.15, 0.2) is 91.3 Å². The van der Waals surface area contributed by atoms with Crippen LogP contribution in [0.4, 0.5) is 5.69 Å². The first-order chi connectivity index (χ1) is 15.7. The minimum absolute atomic E-state index is 0.758. The van der Waals surface area contributed by atoms with Crippen LogP contribution >= 0.6 is 0 Å². The second-order valence-electron chi connectivity index (χ2n) is 7.94. The highest BCUT2D eigenvalue weighted by Crippen LogP contribution is 2.36. The van der Waals surface area contributed by atoms with Gasteiger partial charge >= 0.3 is 0 Å². The SMILES string of the molecule is CCn1ccc2cc(-c3cnc(C)nc3-c3ccccc3NCc3ccccc3)ccc21. The van der Waals surface area contributed by atoms with Crippen molar-refractivity contribution in [2.24, 2.45) is 0 Å². The molecular formula is C28H26N4. The van der Waals surface area contributed by atoms with Gasteiger partial charge in [0.2, 0.25) is 0 Å². The maximum Gasteiger partial charge on any atom is 0.125 e. The molecule has 3 aromatic carbocycles. The van der Waals surface area contributed by atoms with E-state index in [2.05, 4.69) is 101 Å². The number of anilines is 1. The molecule has 0 saturated heterocycles. The second-order valence-corrected chi connectivity index (χ2v) is 7.94. The summed E-state index contributed by atoms with van der Waals surface area (Å²) in [6, 6.07) is 27.6. The number of hydrogen-bond acceptors (Lipinski definition) is 3. The molecule has 0 bridgehead atoms. The summed E-state index contributed by atoms with van der Waals surface area (Å²) >= 11 is 0. The van der Waals surface area contributed by atoms with Gasteiger partial charge in [-0.3, -0.25) is 0 Å². The van der Waals surface area contributed by atoms with Crippen LogP contribution in [-0.2, 0) is 13.1 Å². The van der Waals surface area contributed by atoms with E-state index in [0.29, 0.717) is 0 Å². The Kier molecular flexibility index (Phi) is 5.42. The lowest BCUT2D eigenvalue weighted by Gasteiger charge is -2.15. The second kappa shape index (κ2) is 8.67. The largest absolute Gasteiger partial charge is 0.380 e. The lowest BCUT2D eigenvalue weighted by atomic mass is 9.98. The molecule has 0 saturated carbocycles. The highest BCUT2D eigenvalue weighted by atomic mass is 14.9. The first kappa shape index (κ1) is 20.0. The van der Waals surface area contributed by atoms with Crippen LogP contribution in [0.2, 0.25) is 0 Å². The summed E-state index contributed by atoms with van der Waals surface area (Å²) in [5.74, 6) is 0.764. The maximum atomic E-state index is 4.88. The Bertz CT molecular complexity index is 1370. The van der Waals surface area contributed by atoms with E-state index in [4.69, 9.17) is 4.98 Å². The first-order valence-electron chi connectivity index (χ1n) is 11.0. The Morgan fingerprint density at radius 3 is 2.53 bits per heavy atom. The van der Waals surface area contributed by atoms with Gasteiger partial charge in [0.1, 0.15) is 5.82 Å². The van der Waals surface area contributed by atoms with Crippen LogP contribution in [-0.4, -0.2) is 14.5 Å². The van der Waals surface area contributed by atoms with Gasteiger partial charge in [0.05, 0.1) is 5.69 Å². The number of nitrogens with one attached hydrogen (secondary N) is 1. The monoisotopic (exact) mass is 418 g/mol. The Morgan fingerprint density at radius 2 is 1.69 bits per heavy atom. The van der Waals surface area contributed by atoms with Crippen molar-refractivity contribution in [2.45, 2.75) is 26.9 Å². The van der Waals surface area contributed by atoms with Crippen molar-refractivity contribution in [3.8, 4) is 22.4 Å². The van der Waals surface area contributed by atoms with E-state index in [0.717, 1.165) is 47.0 Å². The number of nitrogens with zero attached hydrogens (tertiary/aromatic N) is 3. The van der Waals surface area contributed by atoms with Gasteiger partial charge in [-0.25, -0.2) is 9.97 Å². The molecule has 0 aliphatic carbocycles. The van der Waals surface area contributed by atoms with E-state index in [1.165, 1.54) is 16.5 Å². The van der Waals surface area contributed by atoms with E-state index in [1.807, 2.05) is 19.2 Å². The molecular weight excluding hydrogens is 392 g/mol. The third-order valence-corrected chi connectivity index (χ3v) is 5.84. The van der Waals surface area contributed by atoms with E-state index in [9.17, 15) is 0 Å². The normalized spacial score (nSPS) is 11.1. The van der Waals surface area contributed by atoms with Gasteiger partial charge in [0.15, 0.2) is 0 Å². The molecule has 2 heterocycles. The molecule has 0 aliphatic rings. The number of benzene rings is 3. The summed E-state index contributed by atoms with van der Waals surface area (Å²) < 4.78 is 2.26. The summed E-state index contributed by atoms with van der Waals surface area (Å²) in [6.07, 6.45) is 4.09. The highest BCUT2D eigenvalue weighted by molar-refractivity contribution is 5.91. The van der Waals surface area contributed by atoms with Gasteiger partial charge in [0, 0.05) is 53.2 Å². The zero-order valence-electron chi connectivity index (χ0n) is 18.4. The predicted octanol–water partition coefficient (Wildman–Crippen LogP) is 6.71. The Balaban J connectivity index is 1.57. The van der Waals surface area contributed by atoms with E-state index in [1.54, 1.807) is 0 Å². The summed E-state index contributed by atoms with van der Waals surface area (Å²) in [5, 5.41) is 4.83. The quantitative estimate of drug-likeness (QED) is 0.333. The van der Waals surface area contributed by atoms with Crippen LogP contribution in [0, 0.1) is 6.92 Å². The van der Waals surface area contributed by atoms with Gasteiger partial charge < -0.3 is 9.88 Å². The number of fused-ring (bicyclic) bond motifs is 1. The molecule has 5 rings (SSSR count). The lowest BCUT2D eigenvalue weighted by molar-refractivity contribution is 0.798. The Hall–Kier alpha value is -3.92. The minimum Gasteiger partial charge on any atom is -0.380 e. The Morgan fingerprint density at radius 1 is 0.875 bits per heavy atom. The molecule has 1 N–H and O–H groups in total. The van der Waals surface area contributed by atoms with Crippen LogP contribution in [0.5, 0.6) is 0 Å². The van der Waals surface area contributed by atoms with Crippen molar-refractivity contribution in [1.29, 1.82) is 0 Å². The fourth-order valence-corrected chi connectivity index (χ4v) is 4.17. The van der Waals surface area contributed by atoms with Crippen molar-refractivity contribution in [3.05, 3.63) is 103 Å². The fourth-order valence-electron chi connectivity index (χ4n) is 4.17. The molecule has 0 spiro atoms. The number of para-hydroxylation sites is 1. The van der Waals surface area contributed by atoms with Crippen LogP contribution in [0.25, 0.3) is 33.3 Å². The summed E-state index contributed by atoms with van der Waals surface area (Å²) in [7, 11) is 0. The third-order valence-electron chi connectivity index (χ3n) is 5.84. The van der Waals surface area contributed by atoms with E-state index >= 15 is 0 Å². The van der Waals surface area contributed by atoms with Crippen molar-refractivity contribution in [3.63, 3.8) is 0 Å².